The molecule has 35 heavy (non-hydrogen) atoms. The maximum atomic E-state index is 13.4. The van der Waals surface area contributed by atoms with Crippen molar-refractivity contribution in [1.29, 1.82) is 0 Å². The summed E-state index contributed by atoms with van der Waals surface area (Å²) in [5, 5.41) is 6.94. The molecule has 1 aliphatic rings. The van der Waals surface area contributed by atoms with Crippen LogP contribution < -0.4 is 21.2 Å². The second-order valence-electron chi connectivity index (χ2n) is 7.76. The SMILES string of the molecule is Nc1nccc(Oc2ncc(NC(=O)c3nn(C4CC4)cc(-c4ccc(F)cc4)c3=O)cn2)c1Cl. The molecule has 5 rings (SSSR count). The number of carbonyl (C=O) groups excluding carboxylic acids is 1. The van der Waals surface area contributed by atoms with Crippen molar-refractivity contribution in [3.8, 4) is 22.9 Å². The third-order valence-corrected chi connectivity index (χ3v) is 5.58. The molecule has 10 nitrogen and oxygen atoms in total. The van der Waals surface area contributed by atoms with E-state index in [1.165, 1.54) is 48.9 Å². The van der Waals surface area contributed by atoms with Gasteiger partial charge in [-0.3, -0.25) is 14.3 Å². The van der Waals surface area contributed by atoms with E-state index in [0.29, 0.717) is 5.56 Å². The van der Waals surface area contributed by atoms with Gasteiger partial charge in [-0.1, -0.05) is 23.7 Å². The van der Waals surface area contributed by atoms with Crippen LogP contribution in [0.5, 0.6) is 11.8 Å². The summed E-state index contributed by atoms with van der Waals surface area (Å²) in [4.78, 5) is 38.0. The van der Waals surface area contributed by atoms with Gasteiger partial charge in [-0.05, 0) is 30.5 Å². The number of hydrogen-bond donors (Lipinski definition) is 2. The Morgan fingerprint density at radius 1 is 1.14 bits per heavy atom. The molecule has 12 heteroatoms. The smallest absolute Gasteiger partial charge is 0.322 e. The average molecular weight is 494 g/mol. The first-order valence-corrected chi connectivity index (χ1v) is 10.9. The Balaban J connectivity index is 1.39. The highest BCUT2D eigenvalue weighted by molar-refractivity contribution is 6.34. The maximum Gasteiger partial charge on any atom is 0.322 e. The lowest BCUT2D eigenvalue weighted by molar-refractivity contribution is 0.101. The molecule has 1 fully saturated rings. The molecule has 0 radical (unpaired) electrons. The molecule has 0 atom stereocenters. The van der Waals surface area contributed by atoms with Gasteiger partial charge in [-0.25, -0.2) is 19.3 Å². The van der Waals surface area contributed by atoms with Gasteiger partial charge in [-0.15, -0.1) is 0 Å². The minimum Gasteiger partial charge on any atom is -0.422 e. The number of halogens is 2. The molecule has 3 aromatic heterocycles. The number of pyridine rings is 1. The quantitative estimate of drug-likeness (QED) is 0.413. The van der Waals surface area contributed by atoms with Crippen LogP contribution in [0.3, 0.4) is 0 Å². The zero-order valence-electron chi connectivity index (χ0n) is 18.0. The first kappa shape index (κ1) is 22.4. The van der Waals surface area contributed by atoms with Gasteiger partial charge in [0.15, 0.2) is 11.4 Å². The highest BCUT2D eigenvalue weighted by Gasteiger charge is 2.27. The number of benzene rings is 1. The fraction of sp³-hybridized carbons (Fsp3) is 0.130. The Labute approximate surface area is 202 Å². The van der Waals surface area contributed by atoms with Crippen molar-refractivity contribution in [3.63, 3.8) is 0 Å². The Morgan fingerprint density at radius 2 is 1.86 bits per heavy atom. The van der Waals surface area contributed by atoms with Crippen molar-refractivity contribution in [1.82, 2.24) is 24.7 Å². The van der Waals surface area contributed by atoms with Gasteiger partial charge in [0.1, 0.15) is 16.7 Å². The first-order chi connectivity index (χ1) is 16.9. The Hall–Kier alpha value is -4.38. The number of carbonyl (C=O) groups is 1. The summed E-state index contributed by atoms with van der Waals surface area (Å²) < 4.78 is 20.5. The van der Waals surface area contributed by atoms with Crippen LogP contribution >= 0.6 is 11.6 Å². The topological polar surface area (TPSA) is 138 Å². The summed E-state index contributed by atoms with van der Waals surface area (Å²) in [5.41, 5.74) is 5.74. The molecular weight excluding hydrogens is 477 g/mol. The summed E-state index contributed by atoms with van der Waals surface area (Å²) in [6.45, 7) is 0. The average Bonchev–Trinajstić information content (AvgIpc) is 3.70. The highest BCUT2D eigenvalue weighted by Crippen LogP contribution is 2.34. The van der Waals surface area contributed by atoms with Gasteiger partial charge in [-0.2, -0.15) is 5.10 Å². The first-order valence-electron chi connectivity index (χ1n) is 10.5. The summed E-state index contributed by atoms with van der Waals surface area (Å²) >= 11 is 6.05. The van der Waals surface area contributed by atoms with Gasteiger partial charge in [0.25, 0.3) is 5.91 Å². The molecule has 176 valence electrons. The molecular formula is C23H17ClFN7O3. The van der Waals surface area contributed by atoms with Crippen molar-refractivity contribution in [2.75, 3.05) is 11.1 Å². The largest absolute Gasteiger partial charge is 0.422 e. The lowest BCUT2D eigenvalue weighted by atomic mass is 10.1. The van der Waals surface area contributed by atoms with Crippen LogP contribution in [-0.4, -0.2) is 30.6 Å². The molecule has 0 spiro atoms. The van der Waals surface area contributed by atoms with Crippen molar-refractivity contribution < 1.29 is 13.9 Å². The number of nitrogens with two attached hydrogens (primary N) is 1. The van der Waals surface area contributed by atoms with Crippen molar-refractivity contribution in [3.05, 3.63) is 81.9 Å². The van der Waals surface area contributed by atoms with Crippen LogP contribution in [0.15, 0.2) is 59.9 Å². The fourth-order valence-electron chi connectivity index (χ4n) is 3.26. The fourth-order valence-corrected chi connectivity index (χ4v) is 3.41. The minimum atomic E-state index is -0.726. The van der Waals surface area contributed by atoms with E-state index in [0.717, 1.165) is 12.8 Å². The number of nitrogens with zero attached hydrogens (tertiary/aromatic N) is 5. The highest BCUT2D eigenvalue weighted by atomic mass is 35.5. The van der Waals surface area contributed by atoms with E-state index in [-0.39, 0.29) is 45.6 Å². The predicted molar refractivity (Wildman–Crippen MR) is 126 cm³/mol. The van der Waals surface area contributed by atoms with E-state index < -0.39 is 17.2 Å². The molecule has 0 bridgehead atoms. The van der Waals surface area contributed by atoms with E-state index in [1.54, 1.807) is 10.9 Å². The number of anilines is 2. The van der Waals surface area contributed by atoms with E-state index in [2.05, 4.69) is 25.4 Å². The third kappa shape index (κ3) is 4.80. The van der Waals surface area contributed by atoms with Gasteiger partial charge in [0, 0.05) is 24.0 Å². The molecule has 0 saturated heterocycles. The molecule has 4 aromatic rings. The summed E-state index contributed by atoms with van der Waals surface area (Å²) in [6.07, 6.45) is 7.41. The van der Waals surface area contributed by atoms with Crippen molar-refractivity contribution >= 4 is 29.0 Å². The van der Waals surface area contributed by atoms with E-state index in [1.807, 2.05) is 0 Å². The summed E-state index contributed by atoms with van der Waals surface area (Å²) in [6, 6.07) is 7.05. The van der Waals surface area contributed by atoms with Crippen molar-refractivity contribution in [2.45, 2.75) is 18.9 Å². The van der Waals surface area contributed by atoms with Crippen LogP contribution in [0.1, 0.15) is 29.4 Å². The summed E-state index contributed by atoms with van der Waals surface area (Å²) in [7, 11) is 0. The molecule has 1 amide bonds. The van der Waals surface area contributed by atoms with E-state index in [9.17, 15) is 14.0 Å². The van der Waals surface area contributed by atoms with Crippen LogP contribution in [0.2, 0.25) is 5.02 Å². The zero-order chi connectivity index (χ0) is 24.5. The van der Waals surface area contributed by atoms with E-state index >= 15 is 0 Å². The van der Waals surface area contributed by atoms with Crippen LogP contribution in [-0.2, 0) is 0 Å². The van der Waals surface area contributed by atoms with Crippen molar-refractivity contribution in [2.24, 2.45) is 0 Å². The van der Waals surface area contributed by atoms with Gasteiger partial charge in [0.2, 0.25) is 5.43 Å². The standard InChI is InChI=1S/C23H17ClFN7O3/c24-18-17(7-8-27-21(18)26)35-23-28-9-14(10-29-23)30-22(34)19-20(33)16(11-32(31-19)15-5-6-15)12-1-3-13(25)4-2-12/h1-4,7-11,15H,5-6H2,(H2,26,27)(H,30,34). The van der Waals surface area contributed by atoms with Crippen LogP contribution in [0.4, 0.5) is 15.9 Å². The lowest BCUT2D eigenvalue weighted by Crippen LogP contribution is -2.27. The van der Waals surface area contributed by atoms with Crippen LogP contribution in [0, 0.1) is 5.82 Å². The second-order valence-corrected chi connectivity index (χ2v) is 8.14. The monoisotopic (exact) mass is 493 g/mol. The third-order valence-electron chi connectivity index (χ3n) is 5.20. The molecule has 0 aliphatic heterocycles. The zero-order valence-corrected chi connectivity index (χ0v) is 18.7. The molecule has 3 heterocycles. The Bertz CT molecular complexity index is 1470. The number of rotatable bonds is 6. The Kier molecular flexibility index (Phi) is 5.83. The normalized spacial score (nSPS) is 12.9. The van der Waals surface area contributed by atoms with E-state index in [4.69, 9.17) is 22.1 Å². The van der Waals surface area contributed by atoms with Gasteiger partial charge in [0.05, 0.1) is 24.1 Å². The maximum absolute atomic E-state index is 13.4. The molecule has 1 aliphatic carbocycles. The number of ether oxygens (including phenoxy) is 1. The molecule has 1 aromatic carbocycles. The summed E-state index contributed by atoms with van der Waals surface area (Å²) in [5.74, 6) is -0.834. The lowest BCUT2D eigenvalue weighted by Gasteiger charge is -2.11. The van der Waals surface area contributed by atoms with Crippen LogP contribution in [0.25, 0.3) is 11.1 Å². The number of hydrogen-bond acceptors (Lipinski definition) is 8. The number of amides is 1. The molecule has 3 N–H and O–H groups in total. The van der Waals surface area contributed by atoms with Gasteiger partial charge >= 0.3 is 6.01 Å². The number of nitrogen functional groups attached to an aromatic ring is 1. The number of nitrogens with one attached hydrogen (secondary N) is 1. The number of aromatic nitrogens is 5. The molecule has 1 saturated carbocycles. The van der Waals surface area contributed by atoms with Gasteiger partial charge < -0.3 is 15.8 Å². The second kappa shape index (κ2) is 9.11. The Morgan fingerprint density at radius 3 is 2.54 bits per heavy atom. The predicted octanol–water partition coefficient (Wildman–Crippen LogP) is 3.85. The minimum absolute atomic E-state index is 0.0389. The molecule has 0 unspecified atom stereocenters.